The quantitative estimate of drug-likeness (QED) is 0.0278. The summed E-state index contributed by atoms with van der Waals surface area (Å²) < 4.78 is 45.5. The largest absolute Gasteiger partial charge is 1.00 e. The maximum absolute atomic E-state index is 12.8. The van der Waals surface area contributed by atoms with E-state index in [1.165, 1.54) is 70.6 Å². The molecule has 0 saturated heterocycles. The topological polar surface area (TPSA) is 110 Å². The first-order valence-corrected chi connectivity index (χ1v) is 19.5. The van der Waals surface area contributed by atoms with Crippen LogP contribution in [0.5, 0.6) is 0 Å². The van der Waals surface area contributed by atoms with E-state index in [-0.39, 0.29) is 75.7 Å². The number of allylic oxidation sites excluding steroid dienone is 4. The van der Waals surface area contributed by atoms with Crippen molar-refractivity contribution in [3.63, 3.8) is 0 Å². The molecule has 47 heavy (non-hydrogen) atoms. The summed E-state index contributed by atoms with van der Waals surface area (Å²) in [5, 5.41) is 0. The maximum Gasteiger partial charge on any atom is 1.00 e. The maximum atomic E-state index is 12.8. The number of ether oxygens (including phenoxy) is 2. The molecule has 262 valence electrons. The molecule has 0 heterocycles. The Morgan fingerprint density at radius 2 is 0.936 bits per heavy atom. The standard InChI is InChI=1S/C38H62O7S.K/c1-3-5-7-9-11-13-15-17-19-21-23-25-27-31-44-37(39)35-30-29-34(46(41,42)43)33-36(35)38(40)45-32-28-26-24-22-20-18-16-14-12-10-8-6-4-2;/h11-14,29-30,33H,3-10,15-28,31-32H2,1-2H3,(H,41,42,43);/q;+1/p-1/b13-11+,14-12+;. The van der Waals surface area contributed by atoms with E-state index in [4.69, 9.17) is 9.47 Å². The Balaban J connectivity index is 0.0000212. The summed E-state index contributed by atoms with van der Waals surface area (Å²) >= 11 is 0. The van der Waals surface area contributed by atoms with Gasteiger partial charge in [-0.25, -0.2) is 18.0 Å². The minimum Gasteiger partial charge on any atom is -0.744 e. The second kappa shape index (κ2) is 31.2. The number of rotatable bonds is 29. The van der Waals surface area contributed by atoms with E-state index in [9.17, 15) is 22.6 Å². The summed E-state index contributed by atoms with van der Waals surface area (Å²) in [4.78, 5) is 25.0. The van der Waals surface area contributed by atoms with Gasteiger partial charge in [-0.3, -0.25) is 0 Å². The van der Waals surface area contributed by atoms with E-state index < -0.39 is 27.0 Å². The van der Waals surface area contributed by atoms with Gasteiger partial charge in [0, 0.05) is 0 Å². The molecule has 0 aliphatic heterocycles. The normalized spacial score (nSPS) is 11.6. The summed E-state index contributed by atoms with van der Waals surface area (Å²) in [6.07, 6.45) is 33.6. The number of carbonyl (C=O) groups is 2. The van der Waals surface area contributed by atoms with Crippen LogP contribution in [0, 0.1) is 0 Å². The number of esters is 2. The van der Waals surface area contributed by atoms with Gasteiger partial charge in [0.2, 0.25) is 0 Å². The third-order valence-electron chi connectivity index (χ3n) is 8.00. The molecule has 1 aromatic carbocycles. The van der Waals surface area contributed by atoms with E-state index in [0.717, 1.165) is 76.0 Å². The molecular formula is C38H61KO7S. The molecule has 0 saturated carbocycles. The third kappa shape index (κ3) is 24.9. The van der Waals surface area contributed by atoms with E-state index in [2.05, 4.69) is 38.2 Å². The van der Waals surface area contributed by atoms with Crippen LogP contribution in [0.3, 0.4) is 0 Å². The average Bonchev–Trinajstić information content (AvgIpc) is 3.04. The van der Waals surface area contributed by atoms with Crippen LogP contribution in [-0.4, -0.2) is 38.1 Å². The van der Waals surface area contributed by atoms with Crippen molar-refractivity contribution < 1.29 is 83.4 Å². The molecule has 0 atom stereocenters. The van der Waals surface area contributed by atoms with Crippen molar-refractivity contribution in [1.82, 2.24) is 0 Å². The molecular weight excluding hydrogens is 640 g/mol. The van der Waals surface area contributed by atoms with Crippen molar-refractivity contribution in [1.29, 1.82) is 0 Å². The molecule has 0 aliphatic carbocycles. The number of unbranched alkanes of at least 4 members (excludes halogenated alkanes) is 18. The van der Waals surface area contributed by atoms with Crippen molar-refractivity contribution in [3.05, 3.63) is 53.6 Å². The number of hydrogen-bond acceptors (Lipinski definition) is 7. The van der Waals surface area contributed by atoms with Crippen LogP contribution >= 0.6 is 0 Å². The average molecular weight is 701 g/mol. The van der Waals surface area contributed by atoms with Gasteiger partial charge in [0.1, 0.15) is 10.1 Å². The van der Waals surface area contributed by atoms with Crippen molar-refractivity contribution in [2.75, 3.05) is 13.2 Å². The van der Waals surface area contributed by atoms with Gasteiger partial charge in [-0.15, -0.1) is 0 Å². The van der Waals surface area contributed by atoms with Gasteiger partial charge in [0.05, 0.1) is 29.2 Å². The van der Waals surface area contributed by atoms with E-state index in [0.29, 0.717) is 12.8 Å². The fraction of sp³-hybridized carbons (Fsp3) is 0.684. The monoisotopic (exact) mass is 700 g/mol. The van der Waals surface area contributed by atoms with Gasteiger partial charge >= 0.3 is 63.3 Å². The number of benzene rings is 1. The second-order valence-corrected chi connectivity index (χ2v) is 13.6. The van der Waals surface area contributed by atoms with Crippen LogP contribution in [-0.2, 0) is 19.6 Å². The van der Waals surface area contributed by atoms with Gasteiger partial charge in [-0.1, -0.05) is 115 Å². The molecule has 0 unspecified atom stereocenters. The molecule has 0 aliphatic rings. The Bertz CT molecular complexity index is 1120. The first-order valence-electron chi connectivity index (χ1n) is 18.0. The van der Waals surface area contributed by atoms with Crippen molar-refractivity contribution in [2.45, 2.75) is 160 Å². The zero-order valence-corrected chi connectivity index (χ0v) is 33.7. The van der Waals surface area contributed by atoms with Crippen LogP contribution in [0.25, 0.3) is 0 Å². The zero-order valence-electron chi connectivity index (χ0n) is 29.8. The van der Waals surface area contributed by atoms with Crippen LogP contribution < -0.4 is 51.4 Å². The molecule has 0 spiro atoms. The Kier molecular flexibility index (Phi) is 30.6. The Hall–Kier alpha value is -0.814. The van der Waals surface area contributed by atoms with Crippen molar-refractivity contribution in [2.24, 2.45) is 0 Å². The van der Waals surface area contributed by atoms with Crippen LogP contribution in [0.4, 0.5) is 0 Å². The Morgan fingerprint density at radius 1 is 0.574 bits per heavy atom. The summed E-state index contributed by atoms with van der Waals surface area (Å²) in [6.45, 7) is 4.78. The molecule has 0 fully saturated rings. The fourth-order valence-corrected chi connectivity index (χ4v) is 5.65. The van der Waals surface area contributed by atoms with E-state index in [1.807, 2.05) is 0 Å². The second-order valence-electron chi connectivity index (χ2n) is 12.2. The summed E-state index contributed by atoms with van der Waals surface area (Å²) in [6, 6.07) is 3.10. The molecule has 1 rings (SSSR count). The molecule has 7 nitrogen and oxygen atoms in total. The number of hydrogen-bond donors (Lipinski definition) is 0. The predicted octanol–water partition coefficient (Wildman–Crippen LogP) is 7.64. The van der Waals surface area contributed by atoms with Gasteiger partial charge in [0.15, 0.2) is 0 Å². The molecule has 0 amide bonds. The van der Waals surface area contributed by atoms with Crippen LogP contribution in [0.2, 0.25) is 0 Å². The number of carbonyl (C=O) groups excluding carboxylic acids is 2. The minimum absolute atomic E-state index is 0. The molecule has 0 bridgehead atoms. The van der Waals surface area contributed by atoms with Crippen LogP contribution in [0.1, 0.15) is 176 Å². The van der Waals surface area contributed by atoms with E-state index >= 15 is 0 Å². The van der Waals surface area contributed by atoms with Gasteiger partial charge in [-0.05, 0) is 82.4 Å². The zero-order chi connectivity index (χ0) is 33.7. The first kappa shape index (κ1) is 46.2. The fourth-order valence-electron chi connectivity index (χ4n) is 5.15. The minimum atomic E-state index is -4.81. The third-order valence-corrected chi connectivity index (χ3v) is 8.83. The Morgan fingerprint density at radius 3 is 1.34 bits per heavy atom. The van der Waals surface area contributed by atoms with Gasteiger partial charge in [-0.2, -0.15) is 0 Å². The molecule has 0 radical (unpaired) electrons. The molecule has 0 aromatic heterocycles. The SMILES string of the molecule is CCCCC/C=C/CCCCCCCCOC(=O)c1ccc(S(=O)(=O)[O-])cc1C(=O)OCCCCCCCC/C=C/CCCCC.[K+]. The van der Waals surface area contributed by atoms with Gasteiger partial charge < -0.3 is 14.0 Å². The summed E-state index contributed by atoms with van der Waals surface area (Å²) in [5.74, 6) is -1.57. The van der Waals surface area contributed by atoms with Crippen molar-refractivity contribution in [3.8, 4) is 0 Å². The van der Waals surface area contributed by atoms with Gasteiger partial charge in [0.25, 0.3) is 0 Å². The molecule has 9 heteroatoms. The predicted molar refractivity (Wildman–Crippen MR) is 186 cm³/mol. The summed E-state index contributed by atoms with van der Waals surface area (Å²) in [7, 11) is -4.81. The molecule has 1 aromatic rings. The van der Waals surface area contributed by atoms with E-state index in [1.54, 1.807) is 0 Å². The first-order chi connectivity index (χ1) is 22.3. The Labute approximate surface area is 329 Å². The summed E-state index contributed by atoms with van der Waals surface area (Å²) in [5.41, 5.74) is -0.358. The van der Waals surface area contributed by atoms with Crippen molar-refractivity contribution >= 4 is 22.1 Å². The molecule has 0 N–H and O–H groups in total. The smallest absolute Gasteiger partial charge is 0.744 e. The van der Waals surface area contributed by atoms with Crippen LogP contribution in [0.15, 0.2) is 47.4 Å².